The van der Waals surface area contributed by atoms with Crippen molar-refractivity contribution in [2.75, 3.05) is 25.1 Å². The van der Waals surface area contributed by atoms with Crippen LogP contribution >= 0.6 is 11.3 Å². The van der Waals surface area contributed by atoms with Gasteiger partial charge in [-0.05, 0) is 37.5 Å². The van der Waals surface area contributed by atoms with Crippen molar-refractivity contribution in [1.82, 2.24) is 0 Å². The molecule has 17 heavy (non-hydrogen) atoms. The van der Waals surface area contributed by atoms with Gasteiger partial charge in [0.25, 0.3) is 0 Å². The third kappa shape index (κ3) is 3.33. The highest BCUT2D eigenvalue weighted by Gasteiger charge is 2.12. The van der Waals surface area contributed by atoms with E-state index in [2.05, 4.69) is 15.7 Å². The van der Waals surface area contributed by atoms with E-state index in [0.29, 0.717) is 0 Å². The Kier molecular flexibility index (Phi) is 4.20. The van der Waals surface area contributed by atoms with Gasteiger partial charge in [-0.1, -0.05) is 0 Å². The van der Waals surface area contributed by atoms with Crippen LogP contribution in [0.1, 0.15) is 24.1 Å². The average Bonchev–Trinajstić information content (AvgIpc) is 2.86. The molecule has 1 aromatic rings. The summed E-state index contributed by atoms with van der Waals surface area (Å²) in [6.07, 6.45) is 7.18. The van der Waals surface area contributed by atoms with E-state index in [1.807, 2.05) is 12.1 Å². The van der Waals surface area contributed by atoms with E-state index in [4.69, 9.17) is 0 Å². The molecule has 1 aliphatic heterocycles. The molecule has 4 heteroatoms. The number of rotatable bonds is 3. The summed E-state index contributed by atoms with van der Waals surface area (Å²) in [6, 6.07) is 4.18. The molecule has 1 saturated heterocycles. The molecule has 0 unspecified atom stereocenters. The second-order valence-corrected chi connectivity index (χ2v) is 5.17. The highest BCUT2D eigenvalue weighted by atomic mass is 32.1. The van der Waals surface area contributed by atoms with Crippen molar-refractivity contribution in [1.29, 1.82) is 0 Å². The monoisotopic (exact) mass is 251 g/mol. The Morgan fingerprint density at radius 1 is 1.35 bits per heavy atom. The molecule has 1 fully saturated rings. The highest BCUT2D eigenvalue weighted by molar-refractivity contribution is 7.16. The third-order valence-corrected chi connectivity index (χ3v) is 3.98. The largest absolute Gasteiger partial charge is 0.466 e. The van der Waals surface area contributed by atoms with Crippen molar-refractivity contribution in [2.45, 2.75) is 19.3 Å². The molecule has 92 valence electrons. The Morgan fingerprint density at radius 3 is 2.82 bits per heavy atom. The number of thiophene rings is 1. The lowest BCUT2D eigenvalue weighted by atomic mass is 10.1. The molecule has 3 nitrogen and oxygen atoms in total. The minimum absolute atomic E-state index is 0.307. The van der Waals surface area contributed by atoms with Gasteiger partial charge in [-0.25, -0.2) is 4.79 Å². The van der Waals surface area contributed by atoms with Crippen LogP contribution in [0.2, 0.25) is 0 Å². The number of methoxy groups -OCH3 is 1. The van der Waals surface area contributed by atoms with Crippen molar-refractivity contribution >= 4 is 28.4 Å². The molecule has 1 aliphatic rings. The predicted molar refractivity (Wildman–Crippen MR) is 71.4 cm³/mol. The van der Waals surface area contributed by atoms with Gasteiger partial charge < -0.3 is 9.64 Å². The maximum atomic E-state index is 11.0. The van der Waals surface area contributed by atoms with Gasteiger partial charge in [-0.3, -0.25) is 0 Å². The first-order valence-electron chi connectivity index (χ1n) is 5.90. The van der Waals surface area contributed by atoms with Gasteiger partial charge in [-0.15, -0.1) is 11.3 Å². The van der Waals surface area contributed by atoms with Crippen LogP contribution in [0, 0.1) is 0 Å². The first kappa shape index (κ1) is 12.2. The summed E-state index contributed by atoms with van der Waals surface area (Å²) in [6.45, 7) is 2.31. The molecule has 0 radical (unpaired) electrons. The first-order chi connectivity index (χ1) is 8.29. The second kappa shape index (κ2) is 5.87. The van der Waals surface area contributed by atoms with Gasteiger partial charge in [0.15, 0.2) is 0 Å². The van der Waals surface area contributed by atoms with E-state index in [1.54, 1.807) is 11.3 Å². The molecule has 0 bridgehead atoms. The number of piperidine rings is 1. The smallest absolute Gasteiger partial charge is 0.330 e. The number of esters is 1. The molecule has 0 saturated carbocycles. The lowest BCUT2D eigenvalue weighted by molar-refractivity contribution is -0.134. The predicted octanol–water partition coefficient (Wildman–Crippen LogP) is 2.92. The zero-order valence-corrected chi connectivity index (χ0v) is 10.8. The summed E-state index contributed by atoms with van der Waals surface area (Å²) in [7, 11) is 1.39. The van der Waals surface area contributed by atoms with Crippen molar-refractivity contribution in [3.63, 3.8) is 0 Å². The van der Waals surface area contributed by atoms with Gasteiger partial charge in [0.05, 0.1) is 12.1 Å². The van der Waals surface area contributed by atoms with Crippen LogP contribution in [-0.2, 0) is 9.53 Å². The maximum Gasteiger partial charge on any atom is 0.330 e. The molecule has 0 amide bonds. The highest BCUT2D eigenvalue weighted by Crippen LogP contribution is 2.29. The Hall–Kier alpha value is -1.29. The van der Waals surface area contributed by atoms with E-state index in [9.17, 15) is 4.79 Å². The van der Waals surface area contributed by atoms with Crippen LogP contribution in [0.4, 0.5) is 5.00 Å². The summed E-state index contributed by atoms with van der Waals surface area (Å²) >= 11 is 1.72. The molecule has 1 aromatic heterocycles. The number of hydrogen-bond donors (Lipinski definition) is 0. The SMILES string of the molecule is COC(=O)/C=C/c1ccc(N2CCCCC2)s1. The standard InChI is InChI=1S/C13H17NO2S/c1-16-13(15)8-6-11-5-7-12(17-11)14-9-3-2-4-10-14/h5-8H,2-4,9-10H2,1H3/b8-6+. The minimum Gasteiger partial charge on any atom is -0.466 e. The summed E-state index contributed by atoms with van der Waals surface area (Å²) in [5, 5.41) is 1.30. The fourth-order valence-electron chi connectivity index (χ4n) is 1.93. The van der Waals surface area contributed by atoms with E-state index in [1.165, 1.54) is 37.4 Å². The topological polar surface area (TPSA) is 29.5 Å². The Balaban J connectivity index is 2.00. The molecule has 0 N–H and O–H groups in total. The number of nitrogens with zero attached hydrogens (tertiary/aromatic N) is 1. The zero-order valence-electron chi connectivity index (χ0n) is 10.0. The van der Waals surface area contributed by atoms with Crippen molar-refractivity contribution in [3.8, 4) is 0 Å². The summed E-state index contributed by atoms with van der Waals surface area (Å²) < 4.78 is 4.56. The van der Waals surface area contributed by atoms with Gasteiger partial charge in [-0.2, -0.15) is 0 Å². The number of hydrogen-bond acceptors (Lipinski definition) is 4. The second-order valence-electron chi connectivity index (χ2n) is 4.08. The average molecular weight is 251 g/mol. The van der Waals surface area contributed by atoms with Gasteiger partial charge in [0.2, 0.25) is 0 Å². The van der Waals surface area contributed by atoms with Crippen LogP contribution in [0.3, 0.4) is 0 Å². The van der Waals surface area contributed by atoms with E-state index in [-0.39, 0.29) is 5.97 Å². The summed E-state index contributed by atoms with van der Waals surface area (Å²) in [5.74, 6) is -0.307. The van der Waals surface area contributed by atoms with Crippen molar-refractivity contribution in [3.05, 3.63) is 23.1 Å². The number of anilines is 1. The zero-order chi connectivity index (χ0) is 12.1. The Morgan fingerprint density at radius 2 is 2.12 bits per heavy atom. The molecule has 2 rings (SSSR count). The molecule has 0 atom stereocenters. The fraction of sp³-hybridized carbons (Fsp3) is 0.462. The Bertz CT molecular complexity index is 405. The van der Waals surface area contributed by atoms with Crippen LogP contribution in [0.25, 0.3) is 6.08 Å². The minimum atomic E-state index is -0.307. The van der Waals surface area contributed by atoms with Gasteiger partial charge >= 0.3 is 5.97 Å². The summed E-state index contributed by atoms with van der Waals surface area (Å²) in [4.78, 5) is 14.5. The molecule has 0 aromatic carbocycles. The van der Waals surface area contributed by atoms with Crippen molar-refractivity contribution < 1.29 is 9.53 Å². The van der Waals surface area contributed by atoms with Gasteiger partial charge in [0, 0.05) is 24.0 Å². The maximum absolute atomic E-state index is 11.0. The number of carbonyl (C=O) groups is 1. The number of ether oxygens (including phenoxy) is 1. The quantitative estimate of drug-likeness (QED) is 0.611. The van der Waals surface area contributed by atoms with Crippen LogP contribution < -0.4 is 4.90 Å². The lowest BCUT2D eigenvalue weighted by Crippen LogP contribution is -2.28. The lowest BCUT2D eigenvalue weighted by Gasteiger charge is -2.27. The normalized spacial score (nSPS) is 16.4. The van der Waals surface area contributed by atoms with Crippen LogP contribution in [0.5, 0.6) is 0 Å². The van der Waals surface area contributed by atoms with E-state index < -0.39 is 0 Å². The summed E-state index contributed by atoms with van der Waals surface area (Å²) in [5.41, 5.74) is 0. The molecule has 0 spiro atoms. The first-order valence-corrected chi connectivity index (χ1v) is 6.72. The van der Waals surface area contributed by atoms with Crippen LogP contribution in [-0.4, -0.2) is 26.2 Å². The molecular weight excluding hydrogens is 234 g/mol. The Labute approximate surface area is 106 Å². The van der Waals surface area contributed by atoms with Crippen LogP contribution in [0.15, 0.2) is 18.2 Å². The molecular formula is C13H17NO2S. The molecule has 2 heterocycles. The van der Waals surface area contributed by atoms with Crippen molar-refractivity contribution in [2.24, 2.45) is 0 Å². The van der Waals surface area contributed by atoms with Gasteiger partial charge in [0.1, 0.15) is 0 Å². The van der Waals surface area contributed by atoms with E-state index in [0.717, 1.165) is 18.0 Å². The third-order valence-electron chi connectivity index (χ3n) is 2.87. The van der Waals surface area contributed by atoms with E-state index >= 15 is 0 Å². The molecule has 0 aliphatic carbocycles. The fourth-order valence-corrected chi connectivity index (χ4v) is 2.90. The number of carbonyl (C=O) groups excluding carboxylic acids is 1.